The number of anilines is 1. The molecule has 1 amide bonds. The number of aromatic nitrogens is 2. The van der Waals surface area contributed by atoms with E-state index in [1.165, 1.54) is 11.1 Å². The lowest BCUT2D eigenvalue weighted by Crippen LogP contribution is -2.31. The Morgan fingerprint density at radius 2 is 2.29 bits per heavy atom. The smallest absolute Gasteiger partial charge is 0.255 e. The molecule has 0 saturated carbocycles. The molecule has 0 saturated heterocycles. The molecule has 1 heterocycles. The largest absolute Gasteiger partial charge is 0.399 e. The summed E-state index contributed by atoms with van der Waals surface area (Å²) in [5.41, 5.74) is 10.4. The van der Waals surface area contributed by atoms with Crippen molar-refractivity contribution in [2.75, 3.05) is 5.73 Å². The minimum absolute atomic E-state index is 0.0569. The fourth-order valence-corrected chi connectivity index (χ4v) is 3.04. The minimum Gasteiger partial charge on any atom is -0.399 e. The molecule has 1 atom stereocenters. The molecule has 0 aliphatic heterocycles. The number of nitrogens with zero attached hydrogens (tertiary/aromatic N) is 2. The lowest BCUT2D eigenvalue weighted by atomic mass is 9.87. The van der Waals surface area contributed by atoms with E-state index in [4.69, 9.17) is 5.73 Å². The fourth-order valence-electron chi connectivity index (χ4n) is 3.04. The fraction of sp³-hybridized carbons (Fsp3) is 0.375. The Hall–Kier alpha value is -2.30. The monoisotopic (exact) mass is 284 g/mol. The lowest BCUT2D eigenvalue weighted by molar-refractivity contribution is 0.0932. The van der Waals surface area contributed by atoms with Crippen LogP contribution in [-0.4, -0.2) is 15.7 Å². The Bertz CT molecular complexity index is 690. The molecule has 1 aliphatic carbocycles. The van der Waals surface area contributed by atoms with Crippen molar-refractivity contribution in [3.63, 3.8) is 0 Å². The predicted molar refractivity (Wildman–Crippen MR) is 81.9 cm³/mol. The van der Waals surface area contributed by atoms with E-state index >= 15 is 0 Å². The third-order valence-electron chi connectivity index (χ3n) is 4.04. The zero-order valence-electron chi connectivity index (χ0n) is 12.4. The van der Waals surface area contributed by atoms with Crippen LogP contribution in [0.4, 0.5) is 5.69 Å². The number of rotatable bonds is 2. The standard InChI is InChI=1S/C16H20N4O/c1-10-14(9-20(2)19-10)16(21)18-15-5-3-4-11-8-12(17)6-7-13(11)15/h6-9,15H,3-5,17H2,1-2H3,(H,18,21). The van der Waals surface area contributed by atoms with Crippen molar-refractivity contribution in [3.8, 4) is 0 Å². The Kier molecular flexibility index (Phi) is 3.41. The highest BCUT2D eigenvalue weighted by molar-refractivity contribution is 5.95. The van der Waals surface area contributed by atoms with E-state index in [9.17, 15) is 4.79 Å². The molecule has 2 aromatic rings. The van der Waals surface area contributed by atoms with Crippen molar-refractivity contribution >= 4 is 11.6 Å². The van der Waals surface area contributed by atoms with Crippen LogP contribution in [-0.2, 0) is 13.5 Å². The number of nitrogens with one attached hydrogen (secondary N) is 1. The highest BCUT2D eigenvalue weighted by atomic mass is 16.1. The number of benzene rings is 1. The first-order valence-corrected chi connectivity index (χ1v) is 7.24. The van der Waals surface area contributed by atoms with E-state index in [1.54, 1.807) is 10.9 Å². The predicted octanol–water partition coefficient (Wildman–Crippen LogP) is 2.12. The van der Waals surface area contributed by atoms with E-state index in [0.29, 0.717) is 5.56 Å². The molecule has 0 bridgehead atoms. The molecule has 1 aliphatic rings. The first-order valence-electron chi connectivity index (χ1n) is 7.24. The second-order valence-corrected chi connectivity index (χ2v) is 5.68. The quantitative estimate of drug-likeness (QED) is 0.830. The second-order valence-electron chi connectivity index (χ2n) is 5.68. The molecule has 21 heavy (non-hydrogen) atoms. The Morgan fingerprint density at radius 3 is 3.00 bits per heavy atom. The van der Waals surface area contributed by atoms with Crippen LogP contribution in [0, 0.1) is 6.92 Å². The number of hydrogen-bond donors (Lipinski definition) is 2. The van der Waals surface area contributed by atoms with Crippen molar-refractivity contribution in [1.82, 2.24) is 15.1 Å². The third kappa shape index (κ3) is 2.63. The van der Waals surface area contributed by atoms with Gasteiger partial charge in [-0.3, -0.25) is 9.48 Å². The van der Waals surface area contributed by atoms with Crippen molar-refractivity contribution < 1.29 is 4.79 Å². The molecule has 5 heteroatoms. The number of carbonyl (C=O) groups excluding carboxylic acids is 1. The van der Waals surface area contributed by atoms with E-state index in [-0.39, 0.29) is 11.9 Å². The Labute approximate surface area is 124 Å². The van der Waals surface area contributed by atoms with Crippen molar-refractivity contribution in [2.45, 2.75) is 32.2 Å². The normalized spacial score (nSPS) is 17.3. The number of nitrogen functional groups attached to an aromatic ring is 1. The van der Waals surface area contributed by atoms with Gasteiger partial charge in [-0.05, 0) is 49.4 Å². The van der Waals surface area contributed by atoms with E-state index in [0.717, 1.165) is 30.6 Å². The molecule has 5 nitrogen and oxygen atoms in total. The summed E-state index contributed by atoms with van der Waals surface area (Å²) in [6.07, 6.45) is 4.81. The molecule has 1 aromatic heterocycles. The van der Waals surface area contributed by atoms with Gasteiger partial charge in [0, 0.05) is 18.9 Å². The summed E-state index contributed by atoms with van der Waals surface area (Å²) in [7, 11) is 1.82. The number of hydrogen-bond acceptors (Lipinski definition) is 3. The molecule has 0 spiro atoms. The molecule has 1 unspecified atom stereocenters. The van der Waals surface area contributed by atoms with E-state index in [1.807, 2.05) is 32.2 Å². The molecule has 1 aromatic carbocycles. The van der Waals surface area contributed by atoms with Crippen molar-refractivity contribution in [2.24, 2.45) is 7.05 Å². The maximum absolute atomic E-state index is 12.4. The van der Waals surface area contributed by atoms with Gasteiger partial charge in [0.25, 0.3) is 5.91 Å². The van der Waals surface area contributed by atoms with Crippen LogP contribution in [0.15, 0.2) is 24.4 Å². The van der Waals surface area contributed by atoms with Crippen LogP contribution in [0.25, 0.3) is 0 Å². The van der Waals surface area contributed by atoms with Crippen LogP contribution < -0.4 is 11.1 Å². The SMILES string of the molecule is Cc1nn(C)cc1C(=O)NC1CCCc2cc(N)ccc21. The lowest BCUT2D eigenvalue weighted by Gasteiger charge is -2.26. The molecule has 110 valence electrons. The van der Waals surface area contributed by atoms with Crippen LogP contribution in [0.5, 0.6) is 0 Å². The molecular formula is C16H20N4O. The zero-order chi connectivity index (χ0) is 15.0. The van der Waals surface area contributed by atoms with Crippen LogP contribution >= 0.6 is 0 Å². The molecule has 3 N–H and O–H groups in total. The van der Waals surface area contributed by atoms with Gasteiger partial charge in [-0.1, -0.05) is 6.07 Å². The molecule has 0 fully saturated rings. The maximum Gasteiger partial charge on any atom is 0.255 e. The first-order chi connectivity index (χ1) is 10.0. The van der Waals surface area contributed by atoms with Gasteiger partial charge < -0.3 is 11.1 Å². The van der Waals surface area contributed by atoms with Crippen LogP contribution in [0.1, 0.15) is 46.1 Å². The van der Waals surface area contributed by atoms with Gasteiger partial charge in [0.05, 0.1) is 17.3 Å². The van der Waals surface area contributed by atoms with Gasteiger partial charge in [-0.15, -0.1) is 0 Å². The summed E-state index contributed by atoms with van der Waals surface area (Å²) in [4.78, 5) is 12.4. The summed E-state index contributed by atoms with van der Waals surface area (Å²) in [5, 5.41) is 7.35. The van der Waals surface area contributed by atoms with Gasteiger partial charge in [0.15, 0.2) is 0 Å². The second kappa shape index (κ2) is 5.24. The van der Waals surface area contributed by atoms with Crippen molar-refractivity contribution in [1.29, 1.82) is 0 Å². The Balaban J connectivity index is 1.83. The van der Waals surface area contributed by atoms with E-state index in [2.05, 4.69) is 10.4 Å². The number of nitrogens with two attached hydrogens (primary N) is 1. The summed E-state index contributed by atoms with van der Waals surface area (Å²) < 4.78 is 1.67. The summed E-state index contributed by atoms with van der Waals surface area (Å²) >= 11 is 0. The van der Waals surface area contributed by atoms with Gasteiger partial charge in [-0.25, -0.2) is 0 Å². The minimum atomic E-state index is -0.0599. The number of fused-ring (bicyclic) bond motifs is 1. The van der Waals surface area contributed by atoms with Gasteiger partial charge in [-0.2, -0.15) is 5.10 Å². The first kappa shape index (κ1) is 13.7. The van der Waals surface area contributed by atoms with Gasteiger partial charge in [0.1, 0.15) is 0 Å². The van der Waals surface area contributed by atoms with E-state index < -0.39 is 0 Å². The van der Waals surface area contributed by atoms with Gasteiger partial charge >= 0.3 is 0 Å². The summed E-state index contributed by atoms with van der Waals surface area (Å²) in [5.74, 6) is -0.0599. The number of carbonyl (C=O) groups is 1. The Morgan fingerprint density at radius 1 is 1.48 bits per heavy atom. The zero-order valence-corrected chi connectivity index (χ0v) is 12.4. The molecular weight excluding hydrogens is 264 g/mol. The average Bonchev–Trinajstić information content (AvgIpc) is 2.77. The van der Waals surface area contributed by atoms with Crippen LogP contribution in [0.2, 0.25) is 0 Å². The maximum atomic E-state index is 12.4. The van der Waals surface area contributed by atoms with Crippen molar-refractivity contribution in [3.05, 3.63) is 46.8 Å². The molecule has 3 rings (SSSR count). The summed E-state index contributed by atoms with van der Waals surface area (Å²) in [6, 6.07) is 6.01. The average molecular weight is 284 g/mol. The van der Waals surface area contributed by atoms with Crippen LogP contribution in [0.3, 0.4) is 0 Å². The summed E-state index contributed by atoms with van der Waals surface area (Å²) in [6.45, 7) is 1.85. The highest BCUT2D eigenvalue weighted by Gasteiger charge is 2.23. The molecule has 0 radical (unpaired) electrons. The number of amides is 1. The van der Waals surface area contributed by atoms with Gasteiger partial charge in [0.2, 0.25) is 0 Å². The highest BCUT2D eigenvalue weighted by Crippen LogP contribution is 2.31. The third-order valence-corrected chi connectivity index (χ3v) is 4.04. The topological polar surface area (TPSA) is 72.9 Å². The number of aryl methyl sites for hydroxylation is 3.